The van der Waals surface area contributed by atoms with Crippen LogP contribution in [-0.2, 0) is 4.79 Å². The van der Waals surface area contributed by atoms with Gasteiger partial charge in [0.15, 0.2) is 0 Å². The third-order valence-electron chi connectivity index (χ3n) is 5.34. The number of hydrogen-bond acceptors (Lipinski definition) is 3. The fraction of sp³-hybridized carbons (Fsp3) is 0.846. The molecule has 2 N–H and O–H groups in total. The molecular formula is C13H21N3O2. The van der Waals surface area contributed by atoms with Crippen molar-refractivity contribution in [2.75, 3.05) is 14.1 Å². The van der Waals surface area contributed by atoms with Crippen LogP contribution < -0.4 is 5.73 Å². The van der Waals surface area contributed by atoms with Gasteiger partial charge in [0.2, 0.25) is 0 Å². The number of carbonyl (C=O) groups is 2. The van der Waals surface area contributed by atoms with Crippen molar-refractivity contribution in [3.63, 3.8) is 0 Å². The van der Waals surface area contributed by atoms with Gasteiger partial charge in [0.05, 0.1) is 0 Å². The minimum atomic E-state index is -0.534. The van der Waals surface area contributed by atoms with Crippen LogP contribution >= 0.6 is 0 Å². The molecule has 2 spiro atoms. The highest BCUT2D eigenvalue weighted by atomic mass is 16.2. The Morgan fingerprint density at radius 2 is 1.72 bits per heavy atom. The summed E-state index contributed by atoms with van der Waals surface area (Å²) >= 11 is 0. The SMILES string of the molecule is CN1C(=O)N(C)C2(CC3(CCC(N)CC3)C2)C1=O. The number of nitrogens with zero attached hydrogens (tertiary/aromatic N) is 2. The minimum Gasteiger partial charge on any atom is -0.328 e. The number of likely N-dealkylation sites (N-methyl/N-ethyl adjacent to an activating group) is 2. The fourth-order valence-electron chi connectivity index (χ4n) is 4.13. The Morgan fingerprint density at radius 1 is 1.17 bits per heavy atom. The second-order valence-electron chi connectivity index (χ2n) is 6.43. The Hall–Kier alpha value is -1.10. The molecule has 1 heterocycles. The van der Waals surface area contributed by atoms with Gasteiger partial charge < -0.3 is 10.6 Å². The van der Waals surface area contributed by atoms with Crippen LogP contribution in [0, 0.1) is 5.41 Å². The van der Waals surface area contributed by atoms with Crippen LogP contribution in [0.3, 0.4) is 0 Å². The van der Waals surface area contributed by atoms with Gasteiger partial charge in [0.25, 0.3) is 5.91 Å². The monoisotopic (exact) mass is 251 g/mol. The van der Waals surface area contributed by atoms with E-state index in [2.05, 4.69) is 0 Å². The molecule has 1 saturated heterocycles. The maximum absolute atomic E-state index is 12.3. The van der Waals surface area contributed by atoms with Crippen molar-refractivity contribution >= 4 is 11.9 Å². The molecule has 3 amide bonds. The molecule has 2 aliphatic carbocycles. The zero-order chi connectivity index (χ0) is 13.1. The number of hydrogen-bond donors (Lipinski definition) is 1. The fourth-order valence-corrected chi connectivity index (χ4v) is 4.13. The van der Waals surface area contributed by atoms with Gasteiger partial charge in [-0.2, -0.15) is 0 Å². The average molecular weight is 251 g/mol. The number of urea groups is 1. The van der Waals surface area contributed by atoms with Crippen LogP contribution in [0.1, 0.15) is 38.5 Å². The summed E-state index contributed by atoms with van der Waals surface area (Å²) in [5, 5.41) is 0. The van der Waals surface area contributed by atoms with E-state index in [1.54, 1.807) is 19.0 Å². The number of carbonyl (C=O) groups excluding carboxylic acids is 2. The minimum absolute atomic E-state index is 0.0181. The standard InChI is InChI=1S/C13H21N3O2/c1-15-10(17)13(16(2)11(15)18)7-12(8-13)5-3-9(14)4-6-12/h9H,3-8,14H2,1-2H3. The van der Waals surface area contributed by atoms with Gasteiger partial charge in [-0.15, -0.1) is 0 Å². The van der Waals surface area contributed by atoms with E-state index in [0.717, 1.165) is 38.5 Å². The van der Waals surface area contributed by atoms with E-state index >= 15 is 0 Å². The lowest BCUT2D eigenvalue weighted by molar-refractivity contribution is -0.147. The van der Waals surface area contributed by atoms with E-state index in [0.29, 0.717) is 6.04 Å². The molecule has 3 aliphatic rings. The van der Waals surface area contributed by atoms with Gasteiger partial charge in [0, 0.05) is 20.1 Å². The van der Waals surface area contributed by atoms with Crippen molar-refractivity contribution < 1.29 is 9.59 Å². The van der Waals surface area contributed by atoms with Crippen LogP contribution in [-0.4, -0.2) is 47.4 Å². The summed E-state index contributed by atoms with van der Waals surface area (Å²) in [5.74, 6) is -0.0181. The van der Waals surface area contributed by atoms with Crippen LogP contribution in [0.5, 0.6) is 0 Å². The molecule has 0 unspecified atom stereocenters. The molecule has 3 rings (SSSR count). The molecule has 0 atom stereocenters. The van der Waals surface area contributed by atoms with Crippen molar-refractivity contribution in [3.8, 4) is 0 Å². The summed E-state index contributed by atoms with van der Waals surface area (Å²) in [5.41, 5.74) is 5.67. The lowest BCUT2D eigenvalue weighted by Gasteiger charge is -2.57. The van der Waals surface area contributed by atoms with Gasteiger partial charge in [-0.3, -0.25) is 9.69 Å². The summed E-state index contributed by atoms with van der Waals surface area (Å²) in [7, 11) is 3.34. The van der Waals surface area contributed by atoms with E-state index in [1.807, 2.05) is 0 Å². The van der Waals surface area contributed by atoms with Crippen LogP contribution in [0.4, 0.5) is 4.79 Å². The summed E-state index contributed by atoms with van der Waals surface area (Å²) in [4.78, 5) is 27.0. The van der Waals surface area contributed by atoms with Crippen molar-refractivity contribution in [2.24, 2.45) is 11.1 Å². The summed E-state index contributed by atoms with van der Waals surface area (Å²) in [6.45, 7) is 0. The highest BCUT2D eigenvalue weighted by Crippen LogP contribution is 2.60. The molecule has 3 fully saturated rings. The van der Waals surface area contributed by atoms with Crippen molar-refractivity contribution in [1.82, 2.24) is 9.80 Å². The van der Waals surface area contributed by atoms with Crippen molar-refractivity contribution in [3.05, 3.63) is 0 Å². The van der Waals surface area contributed by atoms with Gasteiger partial charge in [-0.25, -0.2) is 4.79 Å². The molecule has 1 aliphatic heterocycles. The second kappa shape index (κ2) is 3.47. The van der Waals surface area contributed by atoms with E-state index in [4.69, 9.17) is 5.73 Å². The molecule has 100 valence electrons. The van der Waals surface area contributed by atoms with Crippen LogP contribution in [0.2, 0.25) is 0 Å². The average Bonchev–Trinajstić information content (AvgIpc) is 2.47. The molecule has 0 aromatic carbocycles. The normalized spacial score (nSPS) is 44.1. The molecule has 0 radical (unpaired) electrons. The van der Waals surface area contributed by atoms with Crippen molar-refractivity contribution in [2.45, 2.75) is 50.1 Å². The lowest BCUT2D eigenvalue weighted by atomic mass is 9.51. The Bertz CT molecular complexity index is 404. The van der Waals surface area contributed by atoms with Gasteiger partial charge >= 0.3 is 6.03 Å². The van der Waals surface area contributed by atoms with E-state index in [1.165, 1.54) is 4.90 Å². The lowest BCUT2D eigenvalue weighted by Crippen LogP contribution is -2.63. The highest BCUT2D eigenvalue weighted by Gasteiger charge is 2.66. The van der Waals surface area contributed by atoms with Crippen LogP contribution in [0.15, 0.2) is 0 Å². The first-order valence-corrected chi connectivity index (χ1v) is 6.72. The van der Waals surface area contributed by atoms with E-state index < -0.39 is 5.54 Å². The Kier molecular flexibility index (Phi) is 2.31. The number of nitrogens with two attached hydrogens (primary N) is 1. The third-order valence-corrected chi connectivity index (χ3v) is 5.34. The first kappa shape index (κ1) is 12.0. The predicted octanol–water partition coefficient (Wildman–Crippen LogP) is 0.930. The largest absolute Gasteiger partial charge is 0.328 e. The molecule has 2 saturated carbocycles. The number of imide groups is 1. The first-order chi connectivity index (χ1) is 8.40. The molecule has 5 heteroatoms. The number of amides is 3. The summed E-state index contributed by atoms with van der Waals surface area (Å²) in [6, 6.07) is 0.163. The summed E-state index contributed by atoms with van der Waals surface area (Å²) in [6.07, 6.45) is 5.98. The molecule has 0 aromatic heterocycles. The Labute approximate surface area is 107 Å². The van der Waals surface area contributed by atoms with E-state index in [9.17, 15) is 9.59 Å². The maximum atomic E-state index is 12.3. The Morgan fingerprint density at radius 3 is 2.17 bits per heavy atom. The number of rotatable bonds is 0. The predicted molar refractivity (Wildman–Crippen MR) is 66.8 cm³/mol. The Balaban J connectivity index is 1.78. The summed E-state index contributed by atoms with van der Waals surface area (Å²) < 4.78 is 0. The first-order valence-electron chi connectivity index (χ1n) is 6.72. The second-order valence-corrected chi connectivity index (χ2v) is 6.43. The zero-order valence-corrected chi connectivity index (χ0v) is 11.1. The smallest absolute Gasteiger partial charge is 0.327 e. The maximum Gasteiger partial charge on any atom is 0.327 e. The van der Waals surface area contributed by atoms with Gasteiger partial charge in [-0.05, 0) is 43.9 Å². The van der Waals surface area contributed by atoms with Crippen molar-refractivity contribution in [1.29, 1.82) is 0 Å². The van der Waals surface area contributed by atoms with Gasteiger partial charge in [-0.1, -0.05) is 0 Å². The quantitative estimate of drug-likeness (QED) is 0.651. The molecule has 5 nitrogen and oxygen atoms in total. The van der Waals surface area contributed by atoms with E-state index in [-0.39, 0.29) is 17.4 Å². The topological polar surface area (TPSA) is 66.6 Å². The molecule has 0 aromatic rings. The zero-order valence-electron chi connectivity index (χ0n) is 11.1. The molecule has 18 heavy (non-hydrogen) atoms. The van der Waals surface area contributed by atoms with Crippen LogP contribution in [0.25, 0.3) is 0 Å². The highest BCUT2D eigenvalue weighted by molar-refractivity contribution is 6.07. The molecular weight excluding hydrogens is 230 g/mol. The van der Waals surface area contributed by atoms with Gasteiger partial charge in [0.1, 0.15) is 5.54 Å². The third kappa shape index (κ3) is 1.31. The molecule has 0 bridgehead atoms.